The van der Waals surface area contributed by atoms with E-state index in [1.807, 2.05) is 42.3 Å². The molecule has 22 heteroatoms. The summed E-state index contributed by atoms with van der Waals surface area (Å²) >= 11 is 0. The molecule has 0 amide bonds. The zero-order chi connectivity index (χ0) is 65.3. The van der Waals surface area contributed by atoms with Crippen LogP contribution in [0.5, 0.6) is 0 Å². The Labute approximate surface area is 535 Å². The number of likely N-dealkylation sites (N-methyl/N-ethyl adjacent to an activating group) is 2. The van der Waals surface area contributed by atoms with E-state index < -0.39 is 64.9 Å². The van der Waals surface area contributed by atoms with Gasteiger partial charge in [-0.05, 0) is 38.5 Å². The number of esters is 4. The molecule has 0 fully saturated rings. The van der Waals surface area contributed by atoms with Crippen LogP contribution in [0.4, 0.5) is 0 Å². The van der Waals surface area contributed by atoms with Crippen molar-refractivity contribution in [3.63, 3.8) is 0 Å². The van der Waals surface area contributed by atoms with Crippen molar-refractivity contribution < 1.29 is 93.6 Å². The molecular weight excluding hydrogens is 1170 g/mol. The lowest BCUT2D eigenvalue weighted by molar-refractivity contribution is -0.870. The lowest BCUT2D eigenvalue weighted by Crippen LogP contribution is -2.37. The van der Waals surface area contributed by atoms with Gasteiger partial charge in [0.25, 0.3) is 0 Å². The van der Waals surface area contributed by atoms with Crippen molar-refractivity contribution in [3.05, 3.63) is 0 Å². The number of ether oxygens (including phenoxy) is 6. The summed E-state index contributed by atoms with van der Waals surface area (Å²) in [5.74, 6) is -1.72. The highest BCUT2D eigenvalue weighted by Gasteiger charge is 2.29. The Balaban J connectivity index is 3.94. The number of carbonyl (C=O) groups is 4. The fraction of sp³-hybridized carbons (Fsp3) is 0.939. The molecule has 0 bridgehead atoms. The second-order valence-electron chi connectivity index (χ2n) is 26.2. The molecule has 20 nitrogen and oxygen atoms in total. The van der Waals surface area contributed by atoms with Crippen LogP contribution in [0.25, 0.3) is 0 Å². The lowest BCUT2D eigenvalue weighted by Gasteiger charge is -2.24. The molecule has 0 aromatic carbocycles. The zero-order valence-corrected chi connectivity index (χ0v) is 58.9. The number of hydrogen-bond donors (Lipinski definition) is 2. The van der Waals surface area contributed by atoms with Crippen LogP contribution in [0, 0.1) is 0 Å². The topological polar surface area (TPSA) is 235 Å². The summed E-state index contributed by atoms with van der Waals surface area (Å²) < 4.78 is 78.7. The molecule has 0 heterocycles. The fourth-order valence-corrected chi connectivity index (χ4v) is 11.2. The SMILES string of the molecule is COCCCCCCCC(=O)OC(COC(=O)CCCCCCCCCCCCCCCCCCCCCCCCCCCCCCC(=O)OCC(COP(=O)(O)OCC[N+](C)(C)C)OC(=O)CCCCCCCOC)COP(=O)(O)OCC[N+](C)(C)C. The fourth-order valence-electron chi connectivity index (χ4n) is 9.75. The van der Waals surface area contributed by atoms with Gasteiger partial charge < -0.3 is 47.2 Å². The van der Waals surface area contributed by atoms with Crippen molar-refractivity contribution >= 4 is 39.5 Å². The Morgan fingerprint density at radius 3 is 0.750 bits per heavy atom. The molecule has 88 heavy (non-hydrogen) atoms. The number of quaternary nitrogens is 2. The number of unbranched alkanes of at least 4 members (excludes halogenated alkanes) is 35. The summed E-state index contributed by atoms with van der Waals surface area (Å²) in [4.78, 5) is 70.7. The van der Waals surface area contributed by atoms with Crippen molar-refractivity contribution in [1.29, 1.82) is 0 Å². The molecule has 522 valence electrons. The van der Waals surface area contributed by atoms with Gasteiger partial charge in [0.15, 0.2) is 12.2 Å². The molecule has 0 aliphatic heterocycles. The summed E-state index contributed by atoms with van der Waals surface area (Å²) in [7, 11) is 6.19. The van der Waals surface area contributed by atoms with Gasteiger partial charge in [-0.25, -0.2) is 9.13 Å². The van der Waals surface area contributed by atoms with Crippen molar-refractivity contribution in [2.75, 3.05) is 122 Å². The third-order valence-corrected chi connectivity index (χ3v) is 17.3. The Kier molecular flexibility index (Phi) is 56.2. The second kappa shape index (κ2) is 57.6. The molecule has 0 radical (unpaired) electrons. The third kappa shape index (κ3) is 64.1. The first kappa shape index (κ1) is 85.9. The van der Waals surface area contributed by atoms with E-state index in [1.165, 1.54) is 128 Å². The minimum atomic E-state index is -4.40. The van der Waals surface area contributed by atoms with E-state index in [9.17, 15) is 38.1 Å². The van der Waals surface area contributed by atoms with Gasteiger partial charge in [-0.1, -0.05) is 205 Å². The van der Waals surface area contributed by atoms with Crippen LogP contribution in [0.1, 0.15) is 270 Å². The van der Waals surface area contributed by atoms with Crippen molar-refractivity contribution in [2.45, 2.75) is 282 Å². The van der Waals surface area contributed by atoms with Gasteiger partial charge >= 0.3 is 39.5 Å². The first-order chi connectivity index (χ1) is 42.1. The van der Waals surface area contributed by atoms with E-state index in [1.54, 1.807) is 14.2 Å². The van der Waals surface area contributed by atoms with Crippen molar-refractivity contribution in [1.82, 2.24) is 0 Å². The van der Waals surface area contributed by atoms with Crippen molar-refractivity contribution in [2.24, 2.45) is 0 Å². The third-order valence-electron chi connectivity index (χ3n) is 15.3. The molecule has 0 aliphatic carbocycles. The molecule has 0 aromatic rings. The first-order valence-electron chi connectivity index (χ1n) is 34.6. The minimum Gasteiger partial charge on any atom is -0.462 e. The van der Waals surface area contributed by atoms with Gasteiger partial charge in [0, 0.05) is 53.1 Å². The van der Waals surface area contributed by atoms with E-state index in [4.69, 9.17) is 46.5 Å². The monoisotopic (exact) mass is 1300 g/mol. The number of hydrogen-bond acceptors (Lipinski definition) is 16. The highest BCUT2D eigenvalue weighted by molar-refractivity contribution is 7.47. The van der Waals surface area contributed by atoms with Gasteiger partial charge in [-0.15, -0.1) is 0 Å². The highest BCUT2D eigenvalue weighted by atomic mass is 31.2. The van der Waals surface area contributed by atoms with Gasteiger partial charge in [-0.2, -0.15) is 0 Å². The lowest BCUT2D eigenvalue weighted by atomic mass is 10.0. The standard InChI is InChI=1S/C66H130N2O18P2/c1-67(2,3)51-55-81-87(73,74)83-59-61(85-65(71)49-43-37-33-39-45-53-77-7)57-79-63(69)47-41-35-31-29-27-25-23-21-19-17-15-13-11-9-10-12-14-16-18-20-22-24-26-28-30-32-36-42-48-64(70)80-58-62(60-84-88(75,76)82-56-52-68(4,5)6)86-66(72)50-44-38-34-40-46-54-78-8/h61-62H,9-60H2,1-8H3/p+2. The summed E-state index contributed by atoms with van der Waals surface area (Å²) in [6.45, 7) is 1.08. The molecule has 4 unspecified atom stereocenters. The van der Waals surface area contributed by atoms with Gasteiger partial charge in [0.1, 0.15) is 39.5 Å². The van der Waals surface area contributed by atoms with E-state index in [-0.39, 0.29) is 52.1 Å². The van der Waals surface area contributed by atoms with E-state index in [2.05, 4.69) is 0 Å². The van der Waals surface area contributed by atoms with Crippen LogP contribution in [0.2, 0.25) is 0 Å². The first-order valence-corrected chi connectivity index (χ1v) is 37.6. The summed E-state index contributed by atoms with van der Waals surface area (Å²) in [6.07, 6.45) is 42.0. The van der Waals surface area contributed by atoms with E-state index >= 15 is 0 Å². The van der Waals surface area contributed by atoms with Crippen LogP contribution in [0.3, 0.4) is 0 Å². The van der Waals surface area contributed by atoms with Gasteiger partial charge in [-0.3, -0.25) is 37.3 Å². The molecule has 4 atom stereocenters. The smallest absolute Gasteiger partial charge is 0.462 e. The molecule has 0 saturated heterocycles. The summed E-state index contributed by atoms with van der Waals surface area (Å²) in [6, 6.07) is 0. The maximum absolute atomic E-state index is 12.6. The molecule has 0 spiro atoms. The van der Waals surface area contributed by atoms with E-state index in [0.29, 0.717) is 34.9 Å². The predicted octanol–water partition coefficient (Wildman–Crippen LogP) is 15.3. The van der Waals surface area contributed by atoms with Crippen LogP contribution in [0.15, 0.2) is 0 Å². The van der Waals surface area contributed by atoms with Gasteiger partial charge in [0.2, 0.25) is 0 Å². The van der Waals surface area contributed by atoms with Crippen LogP contribution in [-0.4, -0.2) is 177 Å². The number of phosphoric ester groups is 2. The van der Waals surface area contributed by atoms with Crippen LogP contribution in [-0.2, 0) is 74.8 Å². The quantitative estimate of drug-likeness (QED) is 0.0189. The molecular formula is C66H132N2O18P2+2. The number of phosphoric acid groups is 2. The number of carbonyl (C=O) groups excluding carboxylic acids is 4. The van der Waals surface area contributed by atoms with Crippen molar-refractivity contribution in [3.8, 4) is 0 Å². The maximum Gasteiger partial charge on any atom is 0.472 e. The molecule has 0 aliphatic rings. The Bertz CT molecular complexity index is 1640. The highest BCUT2D eigenvalue weighted by Crippen LogP contribution is 2.44. The zero-order valence-electron chi connectivity index (χ0n) is 57.1. The predicted molar refractivity (Wildman–Crippen MR) is 349 cm³/mol. The molecule has 0 aromatic heterocycles. The Hall–Kier alpha value is -2.06. The van der Waals surface area contributed by atoms with Crippen LogP contribution < -0.4 is 0 Å². The molecule has 0 saturated carbocycles. The average molecular weight is 1300 g/mol. The summed E-state index contributed by atoms with van der Waals surface area (Å²) in [5.41, 5.74) is 0. The summed E-state index contributed by atoms with van der Waals surface area (Å²) in [5, 5.41) is 0. The largest absolute Gasteiger partial charge is 0.472 e. The number of nitrogens with zero attached hydrogens (tertiary/aromatic N) is 2. The van der Waals surface area contributed by atoms with Gasteiger partial charge in [0.05, 0.1) is 55.5 Å². The Morgan fingerprint density at radius 2 is 0.523 bits per heavy atom. The molecule has 2 N–H and O–H groups in total. The van der Waals surface area contributed by atoms with E-state index in [0.717, 1.165) is 116 Å². The number of rotatable bonds is 67. The van der Waals surface area contributed by atoms with Crippen LogP contribution >= 0.6 is 15.6 Å². The normalized spacial score (nSPS) is 14.1. The minimum absolute atomic E-state index is 0.0131. The Morgan fingerprint density at radius 1 is 0.307 bits per heavy atom. The maximum atomic E-state index is 12.6. The second-order valence-corrected chi connectivity index (χ2v) is 29.1. The number of methoxy groups -OCH3 is 2. The molecule has 0 rings (SSSR count). The average Bonchev–Trinajstić information content (AvgIpc) is 3.57.